The van der Waals surface area contributed by atoms with Crippen LogP contribution >= 0.6 is 0 Å². The van der Waals surface area contributed by atoms with Gasteiger partial charge in [-0.15, -0.1) is 0 Å². The molecule has 0 spiro atoms. The Bertz CT molecular complexity index is 524. The summed E-state index contributed by atoms with van der Waals surface area (Å²) in [6.07, 6.45) is 0.888. The molecular formula is C14H19N3O3. The number of amides is 1. The highest BCUT2D eigenvalue weighted by molar-refractivity contribution is 5.98. The fourth-order valence-electron chi connectivity index (χ4n) is 2.61. The lowest BCUT2D eigenvalue weighted by molar-refractivity contribution is -0.385. The molecule has 1 saturated heterocycles. The van der Waals surface area contributed by atoms with Crippen LogP contribution < -0.4 is 5.32 Å². The molecule has 0 bridgehead atoms. The Morgan fingerprint density at radius 3 is 2.85 bits per heavy atom. The Morgan fingerprint density at radius 2 is 2.30 bits per heavy atom. The number of nitro benzene ring substituents is 1. The number of carbonyl (C=O) groups excluding carboxylic acids is 1. The predicted molar refractivity (Wildman–Crippen MR) is 75.8 cm³/mol. The van der Waals surface area contributed by atoms with E-state index in [9.17, 15) is 14.9 Å². The number of likely N-dealkylation sites (N-methyl/N-ethyl adjacent to an activating group) is 1. The van der Waals surface area contributed by atoms with Crippen LogP contribution in [-0.2, 0) is 0 Å². The summed E-state index contributed by atoms with van der Waals surface area (Å²) in [5.41, 5.74) is 0.910. The molecule has 1 N–H and O–H groups in total. The number of carbonyl (C=O) groups is 1. The van der Waals surface area contributed by atoms with E-state index in [1.54, 1.807) is 17.0 Å². The third-order valence-electron chi connectivity index (χ3n) is 3.66. The second-order valence-corrected chi connectivity index (χ2v) is 5.02. The van der Waals surface area contributed by atoms with E-state index in [4.69, 9.17) is 0 Å². The van der Waals surface area contributed by atoms with Crippen LogP contribution in [0.2, 0.25) is 0 Å². The maximum atomic E-state index is 12.6. The summed E-state index contributed by atoms with van der Waals surface area (Å²) < 4.78 is 0. The quantitative estimate of drug-likeness (QED) is 0.671. The topological polar surface area (TPSA) is 75.5 Å². The fraction of sp³-hybridized carbons (Fsp3) is 0.500. The van der Waals surface area contributed by atoms with Crippen LogP contribution in [0.1, 0.15) is 29.3 Å². The van der Waals surface area contributed by atoms with Crippen LogP contribution in [0.25, 0.3) is 0 Å². The minimum Gasteiger partial charge on any atom is -0.334 e. The van der Waals surface area contributed by atoms with Gasteiger partial charge in [-0.2, -0.15) is 0 Å². The van der Waals surface area contributed by atoms with E-state index in [-0.39, 0.29) is 23.2 Å². The number of rotatable bonds is 4. The van der Waals surface area contributed by atoms with Crippen LogP contribution in [0.5, 0.6) is 0 Å². The third-order valence-corrected chi connectivity index (χ3v) is 3.66. The highest BCUT2D eigenvalue weighted by atomic mass is 16.6. The molecule has 2 rings (SSSR count). The molecule has 1 aliphatic heterocycles. The van der Waals surface area contributed by atoms with Crippen molar-refractivity contribution in [3.05, 3.63) is 39.4 Å². The Hall–Kier alpha value is -1.95. The molecule has 1 aliphatic rings. The van der Waals surface area contributed by atoms with Gasteiger partial charge in [0, 0.05) is 25.2 Å². The Morgan fingerprint density at radius 1 is 1.55 bits per heavy atom. The number of hydrogen-bond acceptors (Lipinski definition) is 4. The first kappa shape index (κ1) is 14.5. The van der Waals surface area contributed by atoms with Gasteiger partial charge in [-0.05, 0) is 38.4 Å². The molecule has 1 aromatic rings. The summed E-state index contributed by atoms with van der Waals surface area (Å²) in [4.78, 5) is 25.0. The first-order valence-electron chi connectivity index (χ1n) is 6.81. The largest absolute Gasteiger partial charge is 0.334 e. The minimum absolute atomic E-state index is 0.118. The van der Waals surface area contributed by atoms with Gasteiger partial charge < -0.3 is 10.2 Å². The third kappa shape index (κ3) is 2.80. The van der Waals surface area contributed by atoms with E-state index < -0.39 is 4.92 Å². The average molecular weight is 277 g/mol. The van der Waals surface area contributed by atoms with Gasteiger partial charge in [0.2, 0.25) is 0 Å². The molecule has 1 amide bonds. The molecule has 108 valence electrons. The van der Waals surface area contributed by atoms with Crippen molar-refractivity contribution in [3.63, 3.8) is 0 Å². The number of benzene rings is 1. The molecule has 1 heterocycles. The first-order valence-corrected chi connectivity index (χ1v) is 6.81. The van der Waals surface area contributed by atoms with Crippen molar-refractivity contribution in [2.24, 2.45) is 0 Å². The van der Waals surface area contributed by atoms with Crippen molar-refractivity contribution in [2.75, 3.05) is 19.6 Å². The Balaban J connectivity index is 2.35. The summed E-state index contributed by atoms with van der Waals surface area (Å²) in [6, 6.07) is 4.78. The smallest absolute Gasteiger partial charge is 0.282 e. The SMILES string of the molecule is CCN(C(=O)c1cc(C)ccc1[N+](=O)[O-])C1CCNC1. The van der Waals surface area contributed by atoms with Crippen molar-refractivity contribution in [1.82, 2.24) is 10.2 Å². The van der Waals surface area contributed by atoms with Gasteiger partial charge in [-0.1, -0.05) is 6.07 Å². The molecule has 6 nitrogen and oxygen atoms in total. The van der Waals surface area contributed by atoms with E-state index in [2.05, 4.69) is 5.32 Å². The van der Waals surface area contributed by atoms with E-state index >= 15 is 0 Å². The van der Waals surface area contributed by atoms with Gasteiger partial charge in [0.05, 0.1) is 4.92 Å². The zero-order chi connectivity index (χ0) is 14.7. The van der Waals surface area contributed by atoms with Crippen LogP contribution in [0.3, 0.4) is 0 Å². The normalized spacial score (nSPS) is 18.0. The number of hydrogen-bond donors (Lipinski definition) is 1. The van der Waals surface area contributed by atoms with Gasteiger partial charge in [-0.3, -0.25) is 14.9 Å². The lowest BCUT2D eigenvalue weighted by atomic mass is 10.1. The second-order valence-electron chi connectivity index (χ2n) is 5.02. The molecule has 1 atom stereocenters. The number of nitrogens with zero attached hydrogens (tertiary/aromatic N) is 2. The zero-order valence-corrected chi connectivity index (χ0v) is 11.8. The summed E-state index contributed by atoms with van der Waals surface area (Å²) in [5, 5.41) is 14.3. The molecule has 20 heavy (non-hydrogen) atoms. The van der Waals surface area contributed by atoms with Crippen LogP contribution in [-0.4, -0.2) is 41.4 Å². The van der Waals surface area contributed by atoms with Crippen LogP contribution in [0.4, 0.5) is 5.69 Å². The monoisotopic (exact) mass is 277 g/mol. The maximum absolute atomic E-state index is 12.6. The van der Waals surface area contributed by atoms with Crippen molar-refractivity contribution in [2.45, 2.75) is 26.3 Å². The second kappa shape index (κ2) is 6.00. The minimum atomic E-state index is -0.493. The van der Waals surface area contributed by atoms with Crippen molar-refractivity contribution in [1.29, 1.82) is 0 Å². The van der Waals surface area contributed by atoms with Gasteiger partial charge >= 0.3 is 0 Å². The summed E-state index contributed by atoms with van der Waals surface area (Å²) in [7, 11) is 0. The highest BCUT2D eigenvalue weighted by Gasteiger charge is 2.30. The van der Waals surface area contributed by atoms with Crippen molar-refractivity contribution >= 4 is 11.6 Å². The lowest BCUT2D eigenvalue weighted by Gasteiger charge is -2.27. The predicted octanol–water partition coefficient (Wildman–Crippen LogP) is 1.73. The molecule has 6 heteroatoms. The van der Waals surface area contributed by atoms with Gasteiger partial charge in [-0.25, -0.2) is 0 Å². The molecule has 1 fully saturated rings. The molecule has 1 unspecified atom stereocenters. The Labute approximate surface area is 117 Å². The summed E-state index contributed by atoms with van der Waals surface area (Å²) in [5.74, 6) is -0.253. The fourth-order valence-corrected chi connectivity index (χ4v) is 2.61. The number of aryl methyl sites for hydroxylation is 1. The molecule has 0 saturated carbocycles. The van der Waals surface area contributed by atoms with E-state index in [1.165, 1.54) is 6.07 Å². The maximum Gasteiger partial charge on any atom is 0.282 e. The van der Waals surface area contributed by atoms with E-state index in [0.717, 1.165) is 25.1 Å². The molecule has 1 aromatic carbocycles. The first-order chi connectivity index (χ1) is 9.54. The van der Waals surface area contributed by atoms with Crippen LogP contribution in [0.15, 0.2) is 18.2 Å². The highest BCUT2D eigenvalue weighted by Crippen LogP contribution is 2.23. The zero-order valence-electron chi connectivity index (χ0n) is 11.8. The van der Waals surface area contributed by atoms with Crippen molar-refractivity contribution < 1.29 is 9.72 Å². The number of nitrogens with one attached hydrogen (secondary N) is 1. The Kier molecular flexibility index (Phi) is 4.34. The molecule has 0 aromatic heterocycles. The van der Waals surface area contributed by atoms with E-state index in [1.807, 2.05) is 13.8 Å². The summed E-state index contributed by atoms with van der Waals surface area (Å²) >= 11 is 0. The average Bonchev–Trinajstić information content (AvgIpc) is 2.93. The number of nitro groups is 1. The lowest BCUT2D eigenvalue weighted by Crippen LogP contribution is -2.41. The molecular weight excluding hydrogens is 258 g/mol. The summed E-state index contributed by atoms with van der Waals surface area (Å²) in [6.45, 7) is 5.91. The molecule has 0 aliphatic carbocycles. The van der Waals surface area contributed by atoms with Gasteiger partial charge in [0.25, 0.3) is 11.6 Å². The van der Waals surface area contributed by atoms with Gasteiger partial charge in [0.1, 0.15) is 5.56 Å². The molecule has 0 radical (unpaired) electrons. The van der Waals surface area contributed by atoms with Crippen molar-refractivity contribution in [3.8, 4) is 0 Å². The van der Waals surface area contributed by atoms with Crippen LogP contribution in [0, 0.1) is 17.0 Å². The van der Waals surface area contributed by atoms with E-state index in [0.29, 0.717) is 6.54 Å². The standard InChI is InChI=1S/C14H19N3O3/c1-3-16(11-6-7-15-9-11)14(18)12-8-10(2)4-5-13(12)17(19)20/h4-5,8,11,15H,3,6-7,9H2,1-2H3. The van der Waals surface area contributed by atoms with Gasteiger partial charge in [0.15, 0.2) is 0 Å².